The average Bonchev–Trinajstić information content (AvgIpc) is 3.40. The molecule has 0 saturated heterocycles. The summed E-state index contributed by atoms with van der Waals surface area (Å²) in [5.74, 6) is -1.43. The van der Waals surface area contributed by atoms with Crippen LogP contribution in [0.1, 0.15) is 73.9 Å². The van der Waals surface area contributed by atoms with Crippen molar-refractivity contribution in [3.8, 4) is 5.06 Å². The van der Waals surface area contributed by atoms with Crippen LogP contribution in [0, 0.1) is 0 Å². The molecule has 0 spiro atoms. The maximum absolute atomic E-state index is 13.5. The zero-order chi connectivity index (χ0) is 27.7. The molecule has 1 aromatic heterocycles. The number of ether oxygens (including phenoxy) is 2. The van der Waals surface area contributed by atoms with Crippen LogP contribution in [-0.4, -0.2) is 47.0 Å². The second kappa shape index (κ2) is 11.7. The number of nitrogens with zero attached hydrogens (tertiary/aromatic N) is 2. The SMILES string of the molecule is CC(C)(C)OC(=O)c1c(OCc2ccccc2)sc2c1C(N=C=O)[C@H](CN1C(=O)c3ccccc3C1=O)NC2.Cl. The molecule has 2 aliphatic heterocycles. The highest BCUT2D eigenvalue weighted by Gasteiger charge is 2.43. The second-order valence-electron chi connectivity index (χ2n) is 10.3. The van der Waals surface area contributed by atoms with Crippen LogP contribution in [0.25, 0.3) is 0 Å². The summed E-state index contributed by atoms with van der Waals surface area (Å²) in [5, 5.41) is 3.64. The van der Waals surface area contributed by atoms with Crippen LogP contribution in [0.15, 0.2) is 59.6 Å². The lowest BCUT2D eigenvalue weighted by molar-refractivity contribution is 0.00634. The van der Waals surface area contributed by atoms with Crippen LogP contribution in [0.2, 0.25) is 0 Å². The molecule has 2 aromatic carbocycles. The molecule has 0 bridgehead atoms. The molecule has 2 atom stereocenters. The molecule has 208 valence electrons. The monoisotopic (exact) mass is 581 g/mol. The number of nitrogens with one attached hydrogen (secondary N) is 1. The summed E-state index contributed by atoms with van der Waals surface area (Å²) in [6, 6.07) is 14.6. The van der Waals surface area contributed by atoms with Crippen molar-refractivity contribution in [1.29, 1.82) is 0 Å². The standard InChI is InChI=1S/C29H27N3O6S.ClH/c1-29(2,3)38-27(36)23-22-21(39-28(23)37-15-17-9-5-4-6-10-17)13-30-20(24(22)31-16-33)14-32-25(34)18-11-7-8-12-19(18)26(32)35;/h4-12,20,24,30H,13-15H2,1-3H3;1H/t20-,24?;/m0./s1. The predicted octanol–water partition coefficient (Wildman–Crippen LogP) is 4.85. The summed E-state index contributed by atoms with van der Waals surface area (Å²) >= 11 is 1.28. The number of aliphatic imine (C=N–C) groups is 1. The summed E-state index contributed by atoms with van der Waals surface area (Å²) in [6.45, 7) is 5.80. The van der Waals surface area contributed by atoms with Crippen LogP contribution in [0.5, 0.6) is 5.06 Å². The van der Waals surface area contributed by atoms with Gasteiger partial charge in [-0.05, 0) is 38.5 Å². The van der Waals surface area contributed by atoms with Gasteiger partial charge in [-0.2, -0.15) is 4.99 Å². The van der Waals surface area contributed by atoms with Gasteiger partial charge in [-0.25, -0.2) is 9.59 Å². The van der Waals surface area contributed by atoms with Gasteiger partial charge in [0.15, 0.2) is 5.06 Å². The van der Waals surface area contributed by atoms with Gasteiger partial charge in [-0.15, -0.1) is 23.7 Å². The van der Waals surface area contributed by atoms with Gasteiger partial charge in [-0.3, -0.25) is 14.5 Å². The van der Waals surface area contributed by atoms with Gasteiger partial charge in [0, 0.05) is 23.5 Å². The molecule has 0 fully saturated rings. The summed E-state index contributed by atoms with van der Waals surface area (Å²) in [6.07, 6.45) is 1.61. The minimum atomic E-state index is -0.900. The van der Waals surface area contributed by atoms with E-state index >= 15 is 0 Å². The molecule has 40 heavy (non-hydrogen) atoms. The molecule has 3 heterocycles. The summed E-state index contributed by atoms with van der Waals surface area (Å²) in [4.78, 5) is 57.1. The first kappa shape index (κ1) is 29.2. The first-order valence-corrected chi connectivity index (χ1v) is 13.3. The van der Waals surface area contributed by atoms with Gasteiger partial charge in [0.05, 0.1) is 17.2 Å². The third kappa shape index (κ3) is 5.71. The predicted molar refractivity (Wildman–Crippen MR) is 151 cm³/mol. The molecule has 11 heteroatoms. The minimum Gasteiger partial charge on any atom is -0.478 e. The van der Waals surface area contributed by atoms with Crippen molar-refractivity contribution >= 4 is 47.6 Å². The Kier molecular flexibility index (Phi) is 8.56. The number of imide groups is 1. The van der Waals surface area contributed by atoms with Crippen molar-refractivity contribution in [3.63, 3.8) is 0 Å². The van der Waals surface area contributed by atoms with Crippen molar-refractivity contribution in [2.45, 2.75) is 51.6 Å². The number of hydrogen-bond donors (Lipinski definition) is 1. The van der Waals surface area contributed by atoms with E-state index in [1.807, 2.05) is 30.3 Å². The molecule has 2 aliphatic rings. The lowest BCUT2D eigenvalue weighted by atomic mass is 9.92. The van der Waals surface area contributed by atoms with E-state index in [0.717, 1.165) is 15.3 Å². The molecular formula is C29H28ClN3O6S. The van der Waals surface area contributed by atoms with Crippen molar-refractivity contribution < 1.29 is 28.7 Å². The Morgan fingerprint density at radius 3 is 2.30 bits per heavy atom. The van der Waals surface area contributed by atoms with Crippen LogP contribution in [-0.2, 0) is 22.7 Å². The average molecular weight is 582 g/mol. The van der Waals surface area contributed by atoms with E-state index in [0.29, 0.717) is 28.3 Å². The van der Waals surface area contributed by atoms with Crippen LogP contribution < -0.4 is 10.1 Å². The fourth-order valence-corrected chi connectivity index (χ4v) is 5.90. The van der Waals surface area contributed by atoms with Crippen molar-refractivity contribution in [1.82, 2.24) is 10.2 Å². The Morgan fingerprint density at radius 2 is 1.70 bits per heavy atom. The molecule has 3 aromatic rings. The fraction of sp³-hybridized carbons (Fsp3) is 0.310. The Hall–Kier alpha value is -3.82. The van der Waals surface area contributed by atoms with Gasteiger partial charge in [0.1, 0.15) is 23.8 Å². The van der Waals surface area contributed by atoms with Gasteiger partial charge >= 0.3 is 5.97 Å². The van der Waals surface area contributed by atoms with Gasteiger partial charge in [0.25, 0.3) is 11.8 Å². The number of carbonyl (C=O) groups excluding carboxylic acids is 4. The van der Waals surface area contributed by atoms with Crippen molar-refractivity contribution in [3.05, 3.63) is 87.3 Å². The van der Waals surface area contributed by atoms with Crippen LogP contribution in [0.4, 0.5) is 0 Å². The Balaban J connectivity index is 0.00000370. The van der Waals surface area contributed by atoms with E-state index in [1.54, 1.807) is 51.1 Å². The van der Waals surface area contributed by atoms with E-state index in [2.05, 4.69) is 10.3 Å². The molecule has 1 N–H and O–H groups in total. The van der Waals surface area contributed by atoms with E-state index in [4.69, 9.17) is 9.47 Å². The third-order valence-corrected chi connectivity index (χ3v) is 7.57. The largest absolute Gasteiger partial charge is 0.478 e. The first-order chi connectivity index (χ1) is 18.7. The molecular weight excluding hydrogens is 554 g/mol. The third-order valence-electron chi connectivity index (χ3n) is 6.46. The van der Waals surface area contributed by atoms with E-state index in [1.165, 1.54) is 11.3 Å². The Bertz CT molecular complexity index is 1460. The normalized spacial score (nSPS) is 17.8. The number of benzene rings is 2. The topological polar surface area (TPSA) is 114 Å². The highest BCUT2D eigenvalue weighted by atomic mass is 35.5. The maximum atomic E-state index is 13.5. The van der Waals surface area contributed by atoms with Crippen molar-refractivity contribution in [2.24, 2.45) is 4.99 Å². The highest BCUT2D eigenvalue weighted by Crippen LogP contribution is 2.45. The summed E-state index contributed by atoms with van der Waals surface area (Å²) in [7, 11) is 0. The first-order valence-electron chi connectivity index (χ1n) is 12.5. The molecule has 0 radical (unpaired) electrons. The number of hydrogen-bond acceptors (Lipinski definition) is 9. The second-order valence-corrected chi connectivity index (χ2v) is 11.4. The molecule has 0 aliphatic carbocycles. The number of esters is 1. The highest BCUT2D eigenvalue weighted by molar-refractivity contribution is 7.14. The zero-order valence-corrected chi connectivity index (χ0v) is 23.8. The lowest BCUT2D eigenvalue weighted by Gasteiger charge is -2.32. The smallest absolute Gasteiger partial charge is 0.343 e. The number of amides is 2. The quantitative estimate of drug-likeness (QED) is 0.184. The molecule has 5 rings (SSSR count). The fourth-order valence-electron chi connectivity index (χ4n) is 4.77. The van der Waals surface area contributed by atoms with E-state index < -0.39 is 35.5 Å². The van der Waals surface area contributed by atoms with E-state index in [9.17, 15) is 19.2 Å². The number of fused-ring (bicyclic) bond motifs is 2. The molecule has 2 amide bonds. The minimum absolute atomic E-state index is 0. The number of thiophene rings is 1. The number of rotatable bonds is 7. The molecule has 9 nitrogen and oxygen atoms in total. The molecule has 0 saturated carbocycles. The Morgan fingerprint density at radius 1 is 1.07 bits per heavy atom. The number of isocyanates is 1. The maximum Gasteiger partial charge on any atom is 0.343 e. The number of halogens is 1. The summed E-state index contributed by atoms with van der Waals surface area (Å²) < 4.78 is 11.8. The number of carbonyl (C=O) groups is 3. The van der Waals surface area contributed by atoms with Gasteiger partial charge < -0.3 is 14.8 Å². The van der Waals surface area contributed by atoms with Gasteiger partial charge in [0.2, 0.25) is 6.08 Å². The molecule has 1 unspecified atom stereocenters. The zero-order valence-electron chi connectivity index (χ0n) is 22.1. The summed E-state index contributed by atoms with van der Waals surface area (Å²) in [5.41, 5.74) is 1.48. The van der Waals surface area contributed by atoms with Crippen LogP contribution in [0.3, 0.4) is 0 Å². The van der Waals surface area contributed by atoms with Crippen molar-refractivity contribution in [2.75, 3.05) is 6.54 Å². The lowest BCUT2D eigenvalue weighted by Crippen LogP contribution is -2.48. The van der Waals surface area contributed by atoms with Crippen LogP contribution >= 0.6 is 23.7 Å². The van der Waals surface area contributed by atoms with E-state index in [-0.39, 0.29) is 31.1 Å². The van der Waals surface area contributed by atoms with Gasteiger partial charge in [-0.1, -0.05) is 42.5 Å². The Labute approximate surface area is 241 Å².